The highest BCUT2D eigenvalue weighted by molar-refractivity contribution is 5.81. The van der Waals surface area contributed by atoms with Gasteiger partial charge in [-0.25, -0.2) is 9.97 Å². The summed E-state index contributed by atoms with van der Waals surface area (Å²) in [5, 5.41) is 0. The summed E-state index contributed by atoms with van der Waals surface area (Å²) in [6, 6.07) is 14.0. The average Bonchev–Trinajstić information content (AvgIpc) is 2.85. The molecule has 0 fully saturated rings. The third kappa shape index (κ3) is 6.87. The highest BCUT2D eigenvalue weighted by atomic mass is 16.5. The lowest BCUT2D eigenvalue weighted by Gasteiger charge is -2.27. The molecule has 7 nitrogen and oxygen atoms in total. The van der Waals surface area contributed by atoms with E-state index in [0.29, 0.717) is 51.7 Å². The van der Waals surface area contributed by atoms with Crippen LogP contribution in [0.2, 0.25) is 0 Å². The molecule has 1 aromatic heterocycles. The van der Waals surface area contributed by atoms with Crippen LogP contribution in [0.1, 0.15) is 37.0 Å². The smallest absolute Gasteiger partial charge is 0.239 e. The quantitative estimate of drug-likeness (QED) is 0.618. The molecule has 0 radical (unpaired) electrons. The Kier molecular flexibility index (Phi) is 8.45. The topological polar surface area (TPSA) is 90.6 Å². The third-order valence-electron chi connectivity index (χ3n) is 6.06. The summed E-state index contributed by atoms with van der Waals surface area (Å²) in [5.41, 5.74) is 11.5. The van der Waals surface area contributed by atoms with Crippen molar-refractivity contribution in [2.75, 3.05) is 26.4 Å². The summed E-state index contributed by atoms with van der Waals surface area (Å²) in [6.45, 7) is 6.47. The number of carbonyl (C=O) groups excluding carboxylic acids is 1. The summed E-state index contributed by atoms with van der Waals surface area (Å²) in [4.78, 5) is 23.2. The summed E-state index contributed by atoms with van der Waals surface area (Å²) in [5.74, 6) is 1.17. The van der Waals surface area contributed by atoms with Crippen molar-refractivity contribution in [2.24, 2.45) is 11.7 Å². The van der Waals surface area contributed by atoms with Gasteiger partial charge in [0.1, 0.15) is 18.7 Å². The van der Waals surface area contributed by atoms with Gasteiger partial charge in [-0.1, -0.05) is 44.2 Å². The lowest BCUT2D eigenvalue weighted by Crippen LogP contribution is -2.45. The maximum absolute atomic E-state index is 13.1. The molecular formula is C28H34N4O3. The normalized spacial score (nSPS) is 15.6. The zero-order valence-corrected chi connectivity index (χ0v) is 20.5. The molecule has 7 heteroatoms. The first-order chi connectivity index (χ1) is 17.0. The van der Waals surface area contributed by atoms with Gasteiger partial charge in [-0.15, -0.1) is 0 Å². The van der Waals surface area contributed by atoms with Crippen LogP contribution in [0.15, 0.2) is 61.2 Å². The minimum Gasteiger partial charge on any atom is -0.491 e. The number of nitrogens with two attached hydrogens (primary N) is 1. The first-order valence-electron chi connectivity index (χ1n) is 12.2. The number of nitrogens with zero attached hydrogens (tertiary/aromatic N) is 3. The van der Waals surface area contributed by atoms with Gasteiger partial charge in [-0.2, -0.15) is 0 Å². The second kappa shape index (κ2) is 11.9. The Morgan fingerprint density at radius 3 is 2.63 bits per heavy atom. The van der Waals surface area contributed by atoms with Crippen LogP contribution in [0.25, 0.3) is 11.1 Å². The van der Waals surface area contributed by atoms with Crippen molar-refractivity contribution >= 4 is 5.91 Å². The van der Waals surface area contributed by atoms with Crippen LogP contribution >= 0.6 is 0 Å². The van der Waals surface area contributed by atoms with Crippen LogP contribution in [0.3, 0.4) is 0 Å². The second-order valence-electron chi connectivity index (χ2n) is 9.40. The molecule has 2 heterocycles. The summed E-state index contributed by atoms with van der Waals surface area (Å²) in [6.07, 6.45) is 6.51. The Bertz CT molecular complexity index is 1120. The zero-order valence-electron chi connectivity index (χ0n) is 20.5. The number of aromatic nitrogens is 2. The van der Waals surface area contributed by atoms with E-state index < -0.39 is 6.04 Å². The largest absolute Gasteiger partial charge is 0.491 e. The number of fused-ring (bicyclic) bond motifs is 3. The molecular weight excluding hydrogens is 440 g/mol. The fraction of sp³-hybridized carbons (Fsp3) is 0.393. The monoisotopic (exact) mass is 474 g/mol. The van der Waals surface area contributed by atoms with Crippen molar-refractivity contribution < 1.29 is 14.3 Å². The Labute approximate surface area is 207 Å². The van der Waals surface area contributed by atoms with Crippen molar-refractivity contribution in [3.05, 3.63) is 77.9 Å². The van der Waals surface area contributed by atoms with Gasteiger partial charge in [-0.3, -0.25) is 4.79 Å². The van der Waals surface area contributed by atoms with Crippen molar-refractivity contribution in [3.8, 4) is 16.9 Å². The minimum absolute atomic E-state index is 0.0314. The molecule has 4 rings (SSSR count). The predicted octanol–water partition coefficient (Wildman–Crippen LogP) is 3.85. The number of carbonyl (C=O) groups is 1. The van der Waals surface area contributed by atoms with E-state index in [0.717, 1.165) is 33.6 Å². The van der Waals surface area contributed by atoms with Crippen LogP contribution in [-0.2, 0) is 22.5 Å². The van der Waals surface area contributed by atoms with Gasteiger partial charge >= 0.3 is 0 Å². The molecule has 1 atom stereocenters. The van der Waals surface area contributed by atoms with E-state index >= 15 is 0 Å². The third-order valence-corrected chi connectivity index (χ3v) is 6.06. The molecule has 0 unspecified atom stereocenters. The molecule has 3 aromatic rings. The summed E-state index contributed by atoms with van der Waals surface area (Å²) >= 11 is 0. The van der Waals surface area contributed by atoms with Crippen molar-refractivity contribution in [1.82, 2.24) is 14.9 Å². The van der Waals surface area contributed by atoms with E-state index in [4.69, 9.17) is 15.2 Å². The molecule has 2 N–H and O–H groups in total. The molecule has 1 aliphatic rings. The molecule has 1 aliphatic heterocycles. The molecule has 2 bridgehead atoms. The fourth-order valence-electron chi connectivity index (χ4n) is 4.36. The van der Waals surface area contributed by atoms with Crippen LogP contribution in [0, 0.1) is 5.92 Å². The average molecular weight is 475 g/mol. The molecule has 0 saturated heterocycles. The maximum Gasteiger partial charge on any atom is 0.239 e. The molecule has 1 amide bonds. The van der Waals surface area contributed by atoms with Crippen molar-refractivity contribution in [2.45, 2.75) is 39.3 Å². The van der Waals surface area contributed by atoms with Gasteiger partial charge in [0.25, 0.3) is 0 Å². The molecule has 0 saturated carbocycles. The van der Waals surface area contributed by atoms with E-state index in [1.807, 2.05) is 35.5 Å². The molecule has 0 aliphatic carbocycles. The van der Waals surface area contributed by atoms with Crippen LogP contribution in [0.5, 0.6) is 5.75 Å². The van der Waals surface area contributed by atoms with Gasteiger partial charge in [-0.05, 0) is 46.7 Å². The first-order valence-corrected chi connectivity index (χ1v) is 12.2. The lowest BCUT2D eigenvalue weighted by atomic mass is 9.98. The second-order valence-corrected chi connectivity index (χ2v) is 9.40. The first kappa shape index (κ1) is 24.8. The number of amides is 1. The van der Waals surface area contributed by atoms with Crippen LogP contribution < -0.4 is 10.5 Å². The van der Waals surface area contributed by atoms with Gasteiger partial charge in [0.15, 0.2) is 0 Å². The zero-order chi connectivity index (χ0) is 24.6. The Morgan fingerprint density at radius 1 is 1.03 bits per heavy atom. The summed E-state index contributed by atoms with van der Waals surface area (Å²) < 4.78 is 11.9. The van der Waals surface area contributed by atoms with E-state index in [9.17, 15) is 4.79 Å². The fourth-order valence-corrected chi connectivity index (χ4v) is 4.36. The maximum atomic E-state index is 13.1. The highest BCUT2D eigenvalue weighted by Crippen LogP contribution is 2.28. The van der Waals surface area contributed by atoms with Gasteiger partial charge < -0.3 is 20.1 Å². The van der Waals surface area contributed by atoms with Crippen LogP contribution in [-0.4, -0.2) is 53.2 Å². The number of hydrogen-bond donors (Lipinski definition) is 1. The number of hydrogen-bond acceptors (Lipinski definition) is 6. The van der Waals surface area contributed by atoms with E-state index in [-0.39, 0.29) is 5.91 Å². The van der Waals surface area contributed by atoms with Crippen molar-refractivity contribution in [1.29, 1.82) is 0 Å². The summed E-state index contributed by atoms with van der Waals surface area (Å²) in [7, 11) is 0. The van der Waals surface area contributed by atoms with Crippen molar-refractivity contribution in [3.63, 3.8) is 0 Å². The number of benzene rings is 2. The van der Waals surface area contributed by atoms with Crippen LogP contribution in [0.4, 0.5) is 0 Å². The van der Waals surface area contributed by atoms with E-state index in [2.05, 4.69) is 48.1 Å². The molecule has 0 spiro atoms. The van der Waals surface area contributed by atoms with E-state index in [1.165, 1.54) is 6.33 Å². The Hall–Kier alpha value is -3.29. The highest BCUT2D eigenvalue weighted by Gasteiger charge is 2.22. The Balaban J connectivity index is 1.61. The van der Waals surface area contributed by atoms with Gasteiger partial charge in [0, 0.05) is 37.5 Å². The number of ether oxygens (including phenoxy) is 2. The number of rotatable bonds is 4. The molecule has 35 heavy (non-hydrogen) atoms. The SMILES string of the molecule is CC(C)C[C@@H](N)C(=O)N1CCOCCOc2ccc(-c3cncnc3)cc2Cc2cccc(c2)C1. The molecule has 2 aromatic carbocycles. The van der Waals surface area contributed by atoms with Gasteiger partial charge in [0.05, 0.1) is 19.3 Å². The standard InChI is InChI=1S/C28H34N4O3/c1-20(2)12-26(29)28(33)32-8-9-34-10-11-35-27-7-6-23(25-16-30-19-31-17-25)15-24(27)14-21-4-3-5-22(13-21)18-32/h3-7,13,15-17,19-20,26H,8-12,14,18,29H2,1-2H3/t26-/m1/s1. The van der Waals surface area contributed by atoms with Gasteiger partial charge in [0.2, 0.25) is 5.91 Å². The minimum atomic E-state index is -0.507. The Morgan fingerprint density at radius 2 is 1.83 bits per heavy atom. The predicted molar refractivity (Wildman–Crippen MR) is 136 cm³/mol. The lowest BCUT2D eigenvalue weighted by molar-refractivity contribution is -0.134. The molecule has 184 valence electrons. The van der Waals surface area contributed by atoms with E-state index in [1.54, 1.807) is 0 Å².